The van der Waals surface area contributed by atoms with Crippen LogP contribution in [0.5, 0.6) is 0 Å². The molecule has 2 bridgehead atoms. The Labute approximate surface area is 121 Å². The minimum Gasteiger partial charge on any atom is -0.145 e. The predicted molar refractivity (Wildman–Crippen MR) is 85.7 cm³/mol. The van der Waals surface area contributed by atoms with Crippen molar-refractivity contribution in [3.63, 3.8) is 0 Å². The highest BCUT2D eigenvalue weighted by molar-refractivity contribution is 7.12. The van der Waals surface area contributed by atoms with Crippen molar-refractivity contribution in [2.75, 3.05) is 0 Å². The second kappa shape index (κ2) is 3.75. The zero-order chi connectivity index (χ0) is 14.2. The Morgan fingerprint density at radius 3 is 2.05 bits per heavy atom. The lowest BCUT2D eigenvalue weighted by molar-refractivity contribution is 0.187. The van der Waals surface area contributed by atoms with Crippen LogP contribution in [0.2, 0.25) is 0 Å². The van der Waals surface area contributed by atoms with Crippen molar-refractivity contribution in [1.29, 1.82) is 0 Å². The Morgan fingerprint density at radius 2 is 1.63 bits per heavy atom. The number of hydrogen-bond donors (Lipinski definition) is 0. The zero-order valence-corrected chi connectivity index (χ0v) is 14.2. The molecule has 0 aliphatic heterocycles. The molecule has 3 rings (SSSR count). The highest BCUT2D eigenvalue weighted by Gasteiger charge is 2.59. The molecule has 1 fully saturated rings. The maximum Gasteiger partial charge on any atom is 0.00951 e. The van der Waals surface area contributed by atoms with E-state index in [2.05, 4.69) is 48.5 Å². The maximum atomic E-state index is 2.52. The van der Waals surface area contributed by atoms with Gasteiger partial charge in [-0.1, -0.05) is 26.3 Å². The van der Waals surface area contributed by atoms with Crippen molar-refractivity contribution in [3.8, 4) is 0 Å². The quantitative estimate of drug-likeness (QED) is 0.598. The van der Waals surface area contributed by atoms with Gasteiger partial charge >= 0.3 is 0 Å². The first-order valence-corrected chi connectivity index (χ1v) is 8.31. The maximum absolute atomic E-state index is 2.52. The van der Waals surface area contributed by atoms with Crippen molar-refractivity contribution >= 4 is 16.9 Å². The highest BCUT2D eigenvalue weighted by Crippen LogP contribution is 2.70. The summed E-state index contributed by atoms with van der Waals surface area (Å²) in [5.74, 6) is 0.798. The Balaban J connectivity index is 2.27. The second-order valence-corrected chi connectivity index (χ2v) is 8.85. The van der Waals surface area contributed by atoms with E-state index in [1.165, 1.54) is 28.2 Å². The molecule has 1 heteroatoms. The Bertz CT molecular complexity index is 585. The molecule has 1 saturated carbocycles. The molecule has 2 aliphatic carbocycles. The van der Waals surface area contributed by atoms with Crippen molar-refractivity contribution in [2.24, 2.45) is 16.7 Å². The van der Waals surface area contributed by atoms with E-state index in [4.69, 9.17) is 0 Å². The molecule has 1 aromatic rings. The highest BCUT2D eigenvalue weighted by atomic mass is 32.1. The normalized spacial score (nSPS) is 32.5. The van der Waals surface area contributed by atoms with Crippen LogP contribution in [0.15, 0.2) is 5.57 Å². The van der Waals surface area contributed by atoms with Crippen LogP contribution in [0.4, 0.5) is 0 Å². The minimum absolute atomic E-state index is 0.380. The lowest BCUT2D eigenvalue weighted by atomic mass is 9.66. The molecule has 0 saturated heterocycles. The van der Waals surface area contributed by atoms with E-state index in [1.54, 1.807) is 16.7 Å². The summed E-state index contributed by atoms with van der Waals surface area (Å²) in [5, 5.41) is 0. The van der Waals surface area contributed by atoms with Crippen LogP contribution in [0.1, 0.15) is 61.4 Å². The number of allylic oxidation sites excluding steroid dienone is 2. The first kappa shape index (κ1) is 13.4. The average molecular weight is 274 g/mol. The molecule has 0 radical (unpaired) electrons. The third-order valence-corrected chi connectivity index (χ3v) is 7.63. The lowest BCUT2D eigenvalue weighted by Gasteiger charge is -2.38. The van der Waals surface area contributed by atoms with Gasteiger partial charge in [0.2, 0.25) is 0 Å². The van der Waals surface area contributed by atoms with Gasteiger partial charge in [-0.25, -0.2) is 0 Å². The molecule has 1 heterocycles. The summed E-state index contributed by atoms with van der Waals surface area (Å²) < 4.78 is 0. The molecular formula is C18H26S. The van der Waals surface area contributed by atoms with Gasteiger partial charge in [0.15, 0.2) is 0 Å². The number of fused-ring (bicyclic) bond motifs is 2. The summed E-state index contributed by atoms with van der Waals surface area (Å²) in [7, 11) is 0. The minimum atomic E-state index is 0.380. The van der Waals surface area contributed by atoms with E-state index in [1.807, 2.05) is 11.3 Å². The second-order valence-electron chi connectivity index (χ2n) is 7.42. The molecule has 0 aromatic carbocycles. The number of thiophene rings is 1. The van der Waals surface area contributed by atoms with Crippen LogP contribution in [0.25, 0.3) is 5.57 Å². The summed E-state index contributed by atoms with van der Waals surface area (Å²) in [4.78, 5) is 3.02. The van der Waals surface area contributed by atoms with Gasteiger partial charge in [-0.3, -0.25) is 0 Å². The third-order valence-electron chi connectivity index (χ3n) is 6.51. The number of rotatable bonds is 1. The molecule has 0 N–H and O–H groups in total. The van der Waals surface area contributed by atoms with Crippen LogP contribution >= 0.6 is 11.3 Å². The molecule has 2 atom stereocenters. The van der Waals surface area contributed by atoms with Gasteiger partial charge in [0.1, 0.15) is 0 Å². The van der Waals surface area contributed by atoms with Crippen molar-refractivity contribution < 1.29 is 0 Å². The zero-order valence-electron chi connectivity index (χ0n) is 13.4. The van der Waals surface area contributed by atoms with Crippen LogP contribution in [-0.4, -0.2) is 0 Å². The fraction of sp³-hybridized carbons (Fsp3) is 0.667. The molecule has 0 nitrogen and oxygen atoms in total. The first-order chi connectivity index (χ1) is 8.72. The average Bonchev–Trinajstić information content (AvgIpc) is 2.73. The Hall–Kier alpha value is -0.560. The molecule has 0 spiro atoms. The van der Waals surface area contributed by atoms with E-state index >= 15 is 0 Å². The van der Waals surface area contributed by atoms with Gasteiger partial charge < -0.3 is 0 Å². The molecule has 19 heavy (non-hydrogen) atoms. The van der Waals surface area contributed by atoms with Gasteiger partial charge in [-0.05, 0) is 74.0 Å². The van der Waals surface area contributed by atoms with Crippen molar-refractivity contribution in [3.05, 3.63) is 26.5 Å². The summed E-state index contributed by atoms with van der Waals surface area (Å²) in [6, 6.07) is 0. The van der Waals surface area contributed by atoms with E-state index in [0.717, 1.165) is 5.92 Å². The Kier molecular flexibility index (Phi) is 2.65. The molecule has 0 amide bonds. The van der Waals surface area contributed by atoms with Gasteiger partial charge in [0.05, 0.1) is 0 Å². The van der Waals surface area contributed by atoms with Crippen LogP contribution in [0, 0.1) is 37.5 Å². The lowest BCUT2D eigenvalue weighted by Crippen LogP contribution is -2.29. The largest absolute Gasteiger partial charge is 0.145 e. The van der Waals surface area contributed by atoms with Crippen LogP contribution in [0.3, 0.4) is 0 Å². The molecule has 104 valence electrons. The van der Waals surface area contributed by atoms with Crippen molar-refractivity contribution in [1.82, 2.24) is 0 Å². The summed E-state index contributed by atoms with van der Waals surface area (Å²) >= 11 is 1.98. The fourth-order valence-corrected chi connectivity index (χ4v) is 6.02. The van der Waals surface area contributed by atoms with Gasteiger partial charge in [-0.2, -0.15) is 0 Å². The molecule has 0 unspecified atom stereocenters. The number of aryl methyl sites for hydroxylation is 2. The Morgan fingerprint density at radius 1 is 1.00 bits per heavy atom. The van der Waals surface area contributed by atoms with E-state index in [9.17, 15) is 0 Å². The summed E-state index contributed by atoms with van der Waals surface area (Å²) in [5.41, 5.74) is 7.32. The summed E-state index contributed by atoms with van der Waals surface area (Å²) in [6.45, 7) is 16.8. The smallest absolute Gasteiger partial charge is 0.00951 e. The predicted octanol–water partition coefficient (Wildman–Crippen LogP) is 5.90. The fourth-order valence-electron chi connectivity index (χ4n) is 4.95. The van der Waals surface area contributed by atoms with Crippen LogP contribution in [-0.2, 0) is 0 Å². The number of hydrogen-bond acceptors (Lipinski definition) is 1. The SMILES string of the molecule is CC1=C(c2c(C)sc(C)c2C)[C@]2(C)CC[C@@H]1C2(C)C. The van der Waals surface area contributed by atoms with E-state index < -0.39 is 0 Å². The summed E-state index contributed by atoms with van der Waals surface area (Å²) in [6.07, 6.45) is 2.76. The molecule has 1 aromatic heterocycles. The van der Waals surface area contributed by atoms with E-state index in [0.29, 0.717) is 10.8 Å². The standard InChI is InChI=1S/C18H26S/c1-10-12(3)19-13(4)15(10)16-11(2)14-8-9-18(16,7)17(14,5)6/h14H,8-9H2,1-7H3/t14-,18-/m0/s1. The third kappa shape index (κ3) is 1.40. The topological polar surface area (TPSA) is 0 Å². The first-order valence-electron chi connectivity index (χ1n) is 7.50. The monoisotopic (exact) mass is 274 g/mol. The van der Waals surface area contributed by atoms with Gasteiger partial charge in [0, 0.05) is 9.75 Å². The molecular weight excluding hydrogens is 248 g/mol. The van der Waals surface area contributed by atoms with Crippen molar-refractivity contribution in [2.45, 2.75) is 61.3 Å². The van der Waals surface area contributed by atoms with Crippen LogP contribution < -0.4 is 0 Å². The van der Waals surface area contributed by atoms with Gasteiger partial charge in [0.25, 0.3) is 0 Å². The van der Waals surface area contributed by atoms with Gasteiger partial charge in [-0.15, -0.1) is 11.3 Å². The van der Waals surface area contributed by atoms with E-state index in [-0.39, 0.29) is 0 Å². The molecule has 2 aliphatic rings.